The third kappa shape index (κ3) is 7.69. The summed E-state index contributed by atoms with van der Waals surface area (Å²) in [6, 6.07) is 0. The van der Waals surface area contributed by atoms with Gasteiger partial charge in [-0.15, -0.1) is 35.3 Å². The van der Waals surface area contributed by atoms with Gasteiger partial charge in [0.1, 0.15) is 0 Å². The minimum absolute atomic E-state index is 0. The van der Waals surface area contributed by atoms with Gasteiger partial charge in [-0.3, -0.25) is 4.99 Å². The maximum atomic E-state index is 12.5. The summed E-state index contributed by atoms with van der Waals surface area (Å²) < 4.78 is 37.4. The Labute approximate surface area is 155 Å². The number of aromatic nitrogens is 1. The lowest BCUT2D eigenvalue weighted by molar-refractivity contribution is -0.140. The molecule has 1 heterocycles. The van der Waals surface area contributed by atoms with Gasteiger partial charge in [0, 0.05) is 31.4 Å². The normalized spacial score (nSPS) is 15.2. The van der Waals surface area contributed by atoms with E-state index in [9.17, 15) is 13.2 Å². The van der Waals surface area contributed by atoms with Crippen molar-refractivity contribution in [1.29, 1.82) is 0 Å². The van der Waals surface area contributed by atoms with Gasteiger partial charge in [-0.25, -0.2) is 4.98 Å². The molecule has 1 saturated carbocycles. The van der Waals surface area contributed by atoms with Crippen molar-refractivity contribution in [3.63, 3.8) is 0 Å². The molecule has 0 radical (unpaired) electrons. The first-order chi connectivity index (χ1) is 10.5. The Kier molecular flexibility index (Phi) is 8.59. The van der Waals surface area contributed by atoms with Gasteiger partial charge in [0.05, 0.1) is 5.01 Å². The lowest BCUT2D eigenvalue weighted by Crippen LogP contribution is -2.38. The highest BCUT2D eigenvalue weighted by Crippen LogP contribution is 2.32. The molecule has 1 aliphatic rings. The highest BCUT2D eigenvalue weighted by atomic mass is 127. The summed E-state index contributed by atoms with van der Waals surface area (Å²) in [6.45, 7) is 4.04. The SMILES string of the molecule is CCNC(=NCCC1CC1)NCCc1nc(C(F)(F)F)cs1.I. The number of halogens is 4. The molecular formula is C14H22F3IN4S. The first kappa shape index (κ1) is 20.5. The summed E-state index contributed by atoms with van der Waals surface area (Å²) in [6.07, 6.45) is -0.177. The van der Waals surface area contributed by atoms with Crippen LogP contribution in [0.5, 0.6) is 0 Å². The van der Waals surface area contributed by atoms with Crippen molar-refractivity contribution in [2.45, 2.75) is 38.8 Å². The van der Waals surface area contributed by atoms with Crippen LogP contribution in [-0.2, 0) is 12.6 Å². The van der Waals surface area contributed by atoms with Crippen LogP contribution < -0.4 is 10.6 Å². The second-order valence-electron chi connectivity index (χ2n) is 5.29. The zero-order valence-corrected chi connectivity index (χ0v) is 16.1. The first-order valence-corrected chi connectivity index (χ1v) is 8.40. The molecule has 0 saturated heterocycles. The summed E-state index contributed by atoms with van der Waals surface area (Å²) >= 11 is 1.04. The molecular weight excluding hydrogens is 440 g/mol. The van der Waals surface area contributed by atoms with Gasteiger partial charge in [0.15, 0.2) is 11.7 Å². The zero-order valence-electron chi connectivity index (χ0n) is 12.9. The molecule has 1 fully saturated rings. The van der Waals surface area contributed by atoms with Crippen molar-refractivity contribution >= 4 is 41.3 Å². The van der Waals surface area contributed by atoms with E-state index in [-0.39, 0.29) is 24.0 Å². The fourth-order valence-electron chi connectivity index (χ4n) is 1.95. The van der Waals surface area contributed by atoms with E-state index in [1.165, 1.54) is 12.8 Å². The molecule has 0 spiro atoms. The average molecular weight is 462 g/mol. The van der Waals surface area contributed by atoms with Crippen LogP contribution in [0.4, 0.5) is 13.2 Å². The Bertz CT molecular complexity index is 500. The predicted octanol–water partition coefficient (Wildman–Crippen LogP) is 3.68. The molecule has 1 aromatic rings. The highest BCUT2D eigenvalue weighted by molar-refractivity contribution is 14.0. The molecule has 23 heavy (non-hydrogen) atoms. The summed E-state index contributed by atoms with van der Waals surface area (Å²) in [5, 5.41) is 7.81. The standard InChI is InChI=1S/C14H21F3N4S.HI/c1-2-18-13(19-7-5-10-3-4-10)20-8-6-12-21-11(9-22-12)14(15,16)17;/h9-10H,2-8H2,1H3,(H2,18,19,20);1H. The van der Waals surface area contributed by atoms with Crippen molar-refractivity contribution in [3.8, 4) is 0 Å². The van der Waals surface area contributed by atoms with Crippen molar-refractivity contribution in [2.24, 2.45) is 10.9 Å². The van der Waals surface area contributed by atoms with Crippen LogP contribution in [0.25, 0.3) is 0 Å². The third-order valence-electron chi connectivity index (χ3n) is 3.32. The maximum absolute atomic E-state index is 12.5. The Morgan fingerprint density at radius 3 is 2.70 bits per heavy atom. The van der Waals surface area contributed by atoms with Gasteiger partial charge in [0.25, 0.3) is 0 Å². The second kappa shape index (κ2) is 9.65. The number of alkyl halides is 3. The minimum Gasteiger partial charge on any atom is -0.357 e. The van der Waals surface area contributed by atoms with Crippen molar-refractivity contribution in [1.82, 2.24) is 15.6 Å². The summed E-state index contributed by atoms with van der Waals surface area (Å²) in [5.41, 5.74) is -0.808. The number of nitrogens with one attached hydrogen (secondary N) is 2. The fraction of sp³-hybridized carbons (Fsp3) is 0.714. The molecule has 0 unspecified atom stereocenters. The molecule has 2 rings (SSSR count). The van der Waals surface area contributed by atoms with Gasteiger partial charge in [0.2, 0.25) is 0 Å². The van der Waals surface area contributed by atoms with Crippen LogP contribution >= 0.6 is 35.3 Å². The minimum atomic E-state index is -4.36. The fourth-order valence-corrected chi connectivity index (χ4v) is 2.76. The van der Waals surface area contributed by atoms with Crippen molar-refractivity contribution < 1.29 is 13.2 Å². The van der Waals surface area contributed by atoms with Crippen molar-refractivity contribution in [2.75, 3.05) is 19.6 Å². The number of hydrogen-bond acceptors (Lipinski definition) is 3. The van der Waals surface area contributed by atoms with Crippen LogP contribution in [0.1, 0.15) is 36.9 Å². The Balaban J connectivity index is 0.00000264. The number of thiazole rings is 1. The number of hydrogen-bond donors (Lipinski definition) is 2. The third-order valence-corrected chi connectivity index (χ3v) is 4.23. The molecule has 9 heteroatoms. The van der Waals surface area contributed by atoms with Crippen molar-refractivity contribution in [3.05, 3.63) is 16.1 Å². The molecule has 1 aliphatic carbocycles. The van der Waals surface area contributed by atoms with E-state index in [1.807, 2.05) is 6.92 Å². The lowest BCUT2D eigenvalue weighted by Gasteiger charge is -2.10. The molecule has 132 valence electrons. The molecule has 4 nitrogen and oxygen atoms in total. The number of rotatable bonds is 7. The Hall–Kier alpha value is -0.580. The van der Waals surface area contributed by atoms with Gasteiger partial charge >= 0.3 is 6.18 Å². The average Bonchev–Trinajstić information content (AvgIpc) is 3.13. The monoisotopic (exact) mass is 462 g/mol. The summed E-state index contributed by atoms with van der Waals surface area (Å²) in [4.78, 5) is 8.08. The van der Waals surface area contributed by atoms with E-state index in [0.717, 1.165) is 48.1 Å². The molecule has 0 atom stereocenters. The van der Waals surface area contributed by atoms with Crippen LogP contribution in [0.2, 0.25) is 0 Å². The Morgan fingerprint density at radius 2 is 2.13 bits per heavy atom. The maximum Gasteiger partial charge on any atom is 0.434 e. The quantitative estimate of drug-likeness (QED) is 0.370. The molecule has 0 amide bonds. The molecule has 0 aromatic carbocycles. The Morgan fingerprint density at radius 1 is 1.39 bits per heavy atom. The topological polar surface area (TPSA) is 49.3 Å². The van der Waals surface area contributed by atoms with Gasteiger partial charge in [-0.05, 0) is 19.3 Å². The largest absolute Gasteiger partial charge is 0.434 e. The molecule has 0 aliphatic heterocycles. The van der Waals surface area contributed by atoms with Crippen LogP contribution in [0.15, 0.2) is 10.4 Å². The smallest absolute Gasteiger partial charge is 0.357 e. The van der Waals surface area contributed by atoms with Gasteiger partial charge in [-0.2, -0.15) is 13.2 Å². The lowest BCUT2D eigenvalue weighted by atomic mass is 10.3. The molecule has 0 bridgehead atoms. The number of nitrogens with zero attached hydrogens (tertiary/aromatic N) is 2. The summed E-state index contributed by atoms with van der Waals surface area (Å²) in [7, 11) is 0. The van der Waals surface area contributed by atoms with Crippen LogP contribution in [-0.4, -0.2) is 30.6 Å². The highest BCUT2D eigenvalue weighted by Gasteiger charge is 2.33. The van der Waals surface area contributed by atoms with E-state index in [4.69, 9.17) is 0 Å². The van der Waals surface area contributed by atoms with Gasteiger partial charge in [-0.1, -0.05) is 12.8 Å². The van der Waals surface area contributed by atoms with E-state index in [2.05, 4.69) is 20.6 Å². The summed E-state index contributed by atoms with van der Waals surface area (Å²) in [5.74, 6) is 1.55. The molecule has 1 aromatic heterocycles. The van der Waals surface area contributed by atoms with Crippen LogP contribution in [0, 0.1) is 5.92 Å². The molecule has 2 N–H and O–H groups in total. The predicted molar refractivity (Wildman–Crippen MR) is 97.6 cm³/mol. The van der Waals surface area contributed by atoms with E-state index in [0.29, 0.717) is 18.0 Å². The number of guanidine groups is 1. The number of aliphatic imine (C=N–C) groups is 1. The van der Waals surface area contributed by atoms with E-state index >= 15 is 0 Å². The van der Waals surface area contributed by atoms with E-state index in [1.54, 1.807) is 0 Å². The zero-order chi connectivity index (χ0) is 16.0. The van der Waals surface area contributed by atoms with Crippen LogP contribution in [0.3, 0.4) is 0 Å². The van der Waals surface area contributed by atoms with E-state index < -0.39 is 11.9 Å². The first-order valence-electron chi connectivity index (χ1n) is 7.53. The van der Waals surface area contributed by atoms with Gasteiger partial charge < -0.3 is 10.6 Å². The second-order valence-corrected chi connectivity index (χ2v) is 6.24.